The minimum Gasteiger partial charge on any atom is -0.379 e. The standard InChI is InChI=1S/C11H22O4/c1-7-6-8(12-2)10(14-4)11(15-5)9(7)13-3/h7-11H,6H2,1-5H3. The Hall–Kier alpha value is -0.160. The summed E-state index contributed by atoms with van der Waals surface area (Å²) in [4.78, 5) is 0. The number of methoxy groups -OCH3 is 4. The first-order chi connectivity index (χ1) is 7.19. The van der Waals surface area contributed by atoms with Gasteiger partial charge >= 0.3 is 0 Å². The summed E-state index contributed by atoms with van der Waals surface area (Å²) in [5, 5.41) is 0. The molecule has 4 heteroatoms. The van der Waals surface area contributed by atoms with E-state index in [0.29, 0.717) is 5.92 Å². The molecule has 0 aromatic carbocycles. The summed E-state index contributed by atoms with van der Waals surface area (Å²) in [5.41, 5.74) is 0. The van der Waals surface area contributed by atoms with Gasteiger partial charge in [-0.3, -0.25) is 0 Å². The normalized spacial score (nSPS) is 41.8. The van der Waals surface area contributed by atoms with Crippen molar-refractivity contribution in [2.75, 3.05) is 28.4 Å². The van der Waals surface area contributed by atoms with E-state index in [9.17, 15) is 0 Å². The summed E-state index contributed by atoms with van der Waals surface area (Å²) < 4.78 is 21.8. The number of hydrogen-bond donors (Lipinski definition) is 0. The molecule has 0 radical (unpaired) electrons. The highest BCUT2D eigenvalue weighted by Crippen LogP contribution is 2.31. The molecule has 0 spiro atoms. The maximum Gasteiger partial charge on any atom is 0.112 e. The van der Waals surface area contributed by atoms with Crippen molar-refractivity contribution in [1.29, 1.82) is 0 Å². The molecule has 15 heavy (non-hydrogen) atoms. The zero-order chi connectivity index (χ0) is 11.4. The van der Waals surface area contributed by atoms with Gasteiger partial charge in [0.15, 0.2) is 0 Å². The summed E-state index contributed by atoms with van der Waals surface area (Å²) in [6, 6.07) is 0. The molecule has 1 fully saturated rings. The van der Waals surface area contributed by atoms with Crippen LogP contribution in [0.2, 0.25) is 0 Å². The predicted octanol–water partition coefficient (Wildman–Crippen LogP) is 1.09. The van der Waals surface area contributed by atoms with Crippen LogP contribution in [0.1, 0.15) is 13.3 Å². The van der Waals surface area contributed by atoms with Crippen LogP contribution in [0.25, 0.3) is 0 Å². The molecular weight excluding hydrogens is 196 g/mol. The minimum absolute atomic E-state index is 0.0545. The van der Waals surface area contributed by atoms with Crippen LogP contribution in [-0.4, -0.2) is 52.9 Å². The molecule has 0 amide bonds. The smallest absolute Gasteiger partial charge is 0.112 e. The Kier molecular flexibility index (Phi) is 4.99. The Morgan fingerprint density at radius 3 is 1.67 bits per heavy atom. The Balaban J connectivity index is 2.80. The lowest BCUT2D eigenvalue weighted by molar-refractivity contribution is -0.190. The highest BCUT2D eigenvalue weighted by molar-refractivity contribution is 4.94. The molecule has 0 aromatic rings. The van der Waals surface area contributed by atoms with E-state index in [1.54, 1.807) is 28.4 Å². The molecule has 5 unspecified atom stereocenters. The van der Waals surface area contributed by atoms with Gasteiger partial charge in [0.2, 0.25) is 0 Å². The second kappa shape index (κ2) is 5.80. The maximum absolute atomic E-state index is 5.47. The van der Waals surface area contributed by atoms with Gasteiger partial charge in [-0.1, -0.05) is 6.92 Å². The van der Waals surface area contributed by atoms with Crippen molar-refractivity contribution in [3.05, 3.63) is 0 Å². The van der Waals surface area contributed by atoms with Crippen LogP contribution in [0.4, 0.5) is 0 Å². The van der Waals surface area contributed by atoms with E-state index < -0.39 is 0 Å². The van der Waals surface area contributed by atoms with Gasteiger partial charge in [-0.25, -0.2) is 0 Å². The molecule has 0 bridgehead atoms. The van der Waals surface area contributed by atoms with Crippen molar-refractivity contribution < 1.29 is 18.9 Å². The van der Waals surface area contributed by atoms with E-state index in [2.05, 4.69) is 6.92 Å². The third kappa shape index (κ3) is 2.50. The number of hydrogen-bond acceptors (Lipinski definition) is 4. The van der Waals surface area contributed by atoms with Gasteiger partial charge in [0, 0.05) is 28.4 Å². The fourth-order valence-corrected chi connectivity index (χ4v) is 2.51. The maximum atomic E-state index is 5.47. The highest BCUT2D eigenvalue weighted by atomic mass is 16.6. The largest absolute Gasteiger partial charge is 0.379 e. The molecule has 4 nitrogen and oxygen atoms in total. The summed E-state index contributed by atoms with van der Waals surface area (Å²) >= 11 is 0. The van der Waals surface area contributed by atoms with Gasteiger partial charge in [0.1, 0.15) is 12.2 Å². The molecular formula is C11H22O4. The van der Waals surface area contributed by atoms with Crippen molar-refractivity contribution in [3.63, 3.8) is 0 Å². The lowest BCUT2D eigenvalue weighted by Gasteiger charge is -2.43. The molecule has 1 rings (SSSR count). The van der Waals surface area contributed by atoms with E-state index in [1.807, 2.05) is 0 Å². The average Bonchev–Trinajstić information content (AvgIpc) is 2.27. The van der Waals surface area contributed by atoms with E-state index in [1.165, 1.54) is 0 Å². The Labute approximate surface area is 91.8 Å². The van der Waals surface area contributed by atoms with Gasteiger partial charge in [0.25, 0.3) is 0 Å². The SMILES string of the molecule is COC1CC(C)C(OC)C(OC)C1OC. The predicted molar refractivity (Wildman–Crippen MR) is 57.0 cm³/mol. The second-order valence-corrected chi connectivity index (χ2v) is 4.09. The molecule has 0 saturated heterocycles. The van der Waals surface area contributed by atoms with Crippen LogP contribution in [0, 0.1) is 5.92 Å². The molecule has 0 N–H and O–H groups in total. The molecule has 1 aliphatic rings. The fourth-order valence-electron chi connectivity index (χ4n) is 2.51. The van der Waals surface area contributed by atoms with Crippen LogP contribution < -0.4 is 0 Å². The van der Waals surface area contributed by atoms with Crippen LogP contribution in [-0.2, 0) is 18.9 Å². The fraction of sp³-hybridized carbons (Fsp3) is 1.00. The molecule has 0 aromatic heterocycles. The van der Waals surface area contributed by atoms with Gasteiger partial charge < -0.3 is 18.9 Å². The first kappa shape index (κ1) is 12.9. The number of ether oxygens (including phenoxy) is 4. The van der Waals surface area contributed by atoms with Crippen molar-refractivity contribution in [2.45, 2.75) is 37.8 Å². The zero-order valence-corrected chi connectivity index (χ0v) is 10.2. The zero-order valence-electron chi connectivity index (χ0n) is 10.2. The Bertz CT molecular complexity index is 185. The quantitative estimate of drug-likeness (QED) is 0.707. The third-order valence-electron chi connectivity index (χ3n) is 3.30. The topological polar surface area (TPSA) is 36.9 Å². The van der Waals surface area contributed by atoms with Crippen molar-refractivity contribution in [2.24, 2.45) is 5.92 Å². The molecule has 90 valence electrons. The Morgan fingerprint density at radius 1 is 0.733 bits per heavy atom. The molecule has 0 heterocycles. The molecule has 1 aliphatic carbocycles. The average molecular weight is 218 g/mol. The summed E-state index contributed by atoms with van der Waals surface area (Å²) in [6.45, 7) is 2.15. The van der Waals surface area contributed by atoms with E-state index in [-0.39, 0.29) is 24.4 Å². The van der Waals surface area contributed by atoms with E-state index >= 15 is 0 Å². The lowest BCUT2D eigenvalue weighted by Crippen LogP contribution is -2.55. The van der Waals surface area contributed by atoms with Crippen LogP contribution in [0.5, 0.6) is 0 Å². The second-order valence-electron chi connectivity index (χ2n) is 4.09. The summed E-state index contributed by atoms with van der Waals surface area (Å²) in [5.74, 6) is 0.413. The van der Waals surface area contributed by atoms with Gasteiger partial charge in [-0.15, -0.1) is 0 Å². The lowest BCUT2D eigenvalue weighted by atomic mass is 9.81. The van der Waals surface area contributed by atoms with Crippen molar-refractivity contribution in [1.82, 2.24) is 0 Å². The first-order valence-electron chi connectivity index (χ1n) is 5.30. The van der Waals surface area contributed by atoms with Crippen molar-refractivity contribution in [3.8, 4) is 0 Å². The number of rotatable bonds is 4. The summed E-state index contributed by atoms with van der Waals surface area (Å²) in [7, 11) is 6.80. The summed E-state index contributed by atoms with van der Waals surface area (Å²) in [6.07, 6.45) is 0.982. The molecule has 1 saturated carbocycles. The molecule has 0 aliphatic heterocycles. The highest BCUT2D eigenvalue weighted by Gasteiger charge is 2.44. The van der Waals surface area contributed by atoms with Gasteiger partial charge in [-0.2, -0.15) is 0 Å². The van der Waals surface area contributed by atoms with E-state index in [4.69, 9.17) is 18.9 Å². The molecule has 5 atom stereocenters. The third-order valence-corrected chi connectivity index (χ3v) is 3.30. The Morgan fingerprint density at radius 2 is 1.27 bits per heavy atom. The van der Waals surface area contributed by atoms with Crippen molar-refractivity contribution >= 4 is 0 Å². The minimum atomic E-state index is -0.0614. The van der Waals surface area contributed by atoms with Crippen LogP contribution in [0.3, 0.4) is 0 Å². The first-order valence-corrected chi connectivity index (χ1v) is 5.30. The van der Waals surface area contributed by atoms with Gasteiger partial charge in [-0.05, 0) is 12.3 Å². The van der Waals surface area contributed by atoms with Gasteiger partial charge in [0.05, 0.1) is 12.2 Å². The van der Waals surface area contributed by atoms with Crippen LogP contribution >= 0.6 is 0 Å². The monoisotopic (exact) mass is 218 g/mol. The van der Waals surface area contributed by atoms with E-state index in [0.717, 1.165) is 6.42 Å². The van der Waals surface area contributed by atoms with Crippen LogP contribution in [0.15, 0.2) is 0 Å².